The van der Waals surface area contributed by atoms with Crippen LogP contribution in [0.15, 0.2) is 12.4 Å². The average molecular weight is 171 g/mol. The molecule has 4 N–H and O–H groups in total. The molecule has 12 heavy (non-hydrogen) atoms. The van der Waals surface area contributed by atoms with Crippen LogP contribution in [0.2, 0.25) is 0 Å². The third-order valence-electron chi connectivity index (χ3n) is 1.55. The van der Waals surface area contributed by atoms with E-state index < -0.39 is 0 Å². The van der Waals surface area contributed by atoms with Crippen LogP contribution in [-0.2, 0) is 6.54 Å². The van der Waals surface area contributed by atoms with Crippen molar-refractivity contribution in [1.29, 1.82) is 0 Å². The SMILES string of the molecule is OCC(CO)NCc1ncc[nH]1. The number of aliphatic hydroxyl groups excluding tert-OH is 2. The van der Waals surface area contributed by atoms with E-state index in [4.69, 9.17) is 10.2 Å². The van der Waals surface area contributed by atoms with Crippen molar-refractivity contribution in [2.75, 3.05) is 13.2 Å². The van der Waals surface area contributed by atoms with Crippen LogP contribution < -0.4 is 5.32 Å². The largest absolute Gasteiger partial charge is 0.395 e. The van der Waals surface area contributed by atoms with E-state index in [0.717, 1.165) is 5.82 Å². The Kier molecular flexibility index (Phi) is 3.72. The van der Waals surface area contributed by atoms with Crippen molar-refractivity contribution in [3.05, 3.63) is 18.2 Å². The van der Waals surface area contributed by atoms with Crippen LogP contribution in [0.5, 0.6) is 0 Å². The van der Waals surface area contributed by atoms with Crippen molar-refractivity contribution in [1.82, 2.24) is 15.3 Å². The molecule has 0 radical (unpaired) electrons. The van der Waals surface area contributed by atoms with E-state index in [2.05, 4.69) is 15.3 Å². The number of aliphatic hydroxyl groups is 2. The molecule has 0 unspecified atom stereocenters. The highest BCUT2D eigenvalue weighted by Gasteiger charge is 2.04. The van der Waals surface area contributed by atoms with E-state index in [1.165, 1.54) is 0 Å². The van der Waals surface area contributed by atoms with Gasteiger partial charge in [0.15, 0.2) is 0 Å². The highest BCUT2D eigenvalue weighted by Crippen LogP contribution is 1.88. The Morgan fingerprint density at radius 3 is 2.75 bits per heavy atom. The highest BCUT2D eigenvalue weighted by atomic mass is 16.3. The van der Waals surface area contributed by atoms with Gasteiger partial charge in [-0.1, -0.05) is 0 Å². The van der Waals surface area contributed by atoms with Crippen molar-refractivity contribution in [2.45, 2.75) is 12.6 Å². The van der Waals surface area contributed by atoms with Gasteiger partial charge in [-0.15, -0.1) is 0 Å². The molecule has 1 aromatic rings. The Bertz CT molecular complexity index is 196. The van der Waals surface area contributed by atoms with Gasteiger partial charge in [0.05, 0.1) is 25.8 Å². The normalized spacial score (nSPS) is 10.9. The first-order valence-corrected chi connectivity index (χ1v) is 3.80. The lowest BCUT2D eigenvalue weighted by Crippen LogP contribution is -2.35. The third-order valence-corrected chi connectivity index (χ3v) is 1.55. The van der Waals surface area contributed by atoms with Gasteiger partial charge in [-0.3, -0.25) is 0 Å². The van der Waals surface area contributed by atoms with Crippen molar-refractivity contribution < 1.29 is 10.2 Å². The monoisotopic (exact) mass is 171 g/mol. The summed E-state index contributed by atoms with van der Waals surface area (Å²) in [7, 11) is 0. The molecule has 5 nitrogen and oxygen atoms in total. The quantitative estimate of drug-likeness (QED) is 0.451. The number of hydrogen-bond acceptors (Lipinski definition) is 4. The maximum absolute atomic E-state index is 8.70. The molecule has 1 aromatic heterocycles. The summed E-state index contributed by atoms with van der Waals surface area (Å²) in [6.07, 6.45) is 3.38. The van der Waals surface area contributed by atoms with Crippen LogP contribution in [0, 0.1) is 0 Å². The van der Waals surface area contributed by atoms with E-state index in [1.807, 2.05) is 0 Å². The van der Waals surface area contributed by atoms with Crippen LogP contribution in [-0.4, -0.2) is 39.4 Å². The molecule has 0 saturated heterocycles. The van der Waals surface area contributed by atoms with Crippen molar-refractivity contribution in [3.8, 4) is 0 Å². The number of nitrogens with one attached hydrogen (secondary N) is 2. The van der Waals surface area contributed by atoms with Crippen molar-refractivity contribution in [3.63, 3.8) is 0 Å². The van der Waals surface area contributed by atoms with Gasteiger partial charge in [-0.2, -0.15) is 0 Å². The summed E-state index contributed by atoms with van der Waals surface area (Å²) < 4.78 is 0. The number of nitrogens with zero attached hydrogens (tertiary/aromatic N) is 1. The molecule has 0 aliphatic heterocycles. The molecule has 0 saturated carbocycles. The first kappa shape index (κ1) is 9.18. The van der Waals surface area contributed by atoms with Gasteiger partial charge in [0, 0.05) is 12.4 Å². The van der Waals surface area contributed by atoms with Gasteiger partial charge in [0.25, 0.3) is 0 Å². The second-order valence-electron chi connectivity index (χ2n) is 2.48. The third kappa shape index (κ3) is 2.61. The lowest BCUT2D eigenvalue weighted by atomic mass is 10.3. The fourth-order valence-corrected chi connectivity index (χ4v) is 0.822. The molecular weight excluding hydrogens is 158 g/mol. The average Bonchev–Trinajstić information content (AvgIpc) is 2.59. The van der Waals surface area contributed by atoms with E-state index in [9.17, 15) is 0 Å². The van der Waals surface area contributed by atoms with Crippen molar-refractivity contribution in [2.24, 2.45) is 0 Å². The maximum Gasteiger partial charge on any atom is 0.120 e. The molecular formula is C7H13N3O2. The zero-order valence-corrected chi connectivity index (χ0v) is 6.70. The predicted octanol–water partition coefficient (Wildman–Crippen LogP) is -1.15. The summed E-state index contributed by atoms with van der Waals surface area (Å²) >= 11 is 0. The Morgan fingerprint density at radius 2 is 2.25 bits per heavy atom. The molecule has 0 fully saturated rings. The van der Waals surface area contributed by atoms with Gasteiger partial charge in [-0.05, 0) is 0 Å². The molecule has 0 aliphatic carbocycles. The molecule has 1 heterocycles. The van der Waals surface area contributed by atoms with E-state index in [0.29, 0.717) is 6.54 Å². The van der Waals surface area contributed by atoms with E-state index in [-0.39, 0.29) is 19.3 Å². The molecule has 0 atom stereocenters. The van der Waals surface area contributed by atoms with Gasteiger partial charge in [0.1, 0.15) is 5.82 Å². The molecule has 0 aliphatic rings. The smallest absolute Gasteiger partial charge is 0.120 e. The molecule has 1 rings (SSSR count). The summed E-state index contributed by atoms with van der Waals surface area (Å²) in [6.45, 7) is 0.382. The summed E-state index contributed by atoms with van der Waals surface area (Å²) in [5, 5.41) is 20.3. The summed E-state index contributed by atoms with van der Waals surface area (Å²) in [4.78, 5) is 6.88. The Morgan fingerprint density at radius 1 is 1.50 bits per heavy atom. The number of imidazole rings is 1. The summed E-state index contributed by atoms with van der Waals surface area (Å²) in [6, 6.07) is -0.268. The van der Waals surface area contributed by atoms with Gasteiger partial charge >= 0.3 is 0 Å². The second kappa shape index (κ2) is 4.87. The first-order valence-electron chi connectivity index (χ1n) is 3.80. The lowest BCUT2D eigenvalue weighted by Gasteiger charge is -2.11. The highest BCUT2D eigenvalue weighted by molar-refractivity contribution is 4.86. The van der Waals surface area contributed by atoms with Crippen LogP contribution >= 0.6 is 0 Å². The van der Waals surface area contributed by atoms with E-state index in [1.54, 1.807) is 12.4 Å². The topological polar surface area (TPSA) is 81.2 Å². The van der Waals surface area contributed by atoms with Crippen LogP contribution in [0.3, 0.4) is 0 Å². The first-order chi connectivity index (χ1) is 5.86. The maximum atomic E-state index is 8.70. The molecule has 0 aromatic carbocycles. The summed E-state index contributed by atoms with van der Waals surface area (Å²) in [5.41, 5.74) is 0. The predicted molar refractivity (Wildman–Crippen MR) is 43.4 cm³/mol. The summed E-state index contributed by atoms with van der Waals surface area (Å²) in [5.74, 6) is 0.793. The van der Waals surface area contributed by atoms with Gasteiger partial charge < -0.3 is 20.5 Å². The van der Waals surface area contributed by atoms with E-state index >= 15 is 0 Å². The van der Waals surface area contributed by atoms with Gasteiger partial charge in [-0.25, -0.2) is 4.98 Å². The number of hydrogen-bond donors (Lipinski definition) is 4. The minimum absolute atomic E-state index is 0.0722. The van der Waals surface area contributed by atoms with Gasteiger partial charge in [0.2, 0.25) is 0 Å². The number of aromatic amines is 1. The molecule has 0 spiro atoms. The number of H-pyrrole nitrogens is 1. The zero-order chi connectivity index (χ0) is 8.81. The number of rotatable bonds is 5. The molecule has 0 bridgehead atoms. The fourth-order valence-electron chi connectivity index (χ4n) is 0.822. The molecule has 5 heteroatoms. The zero-order valence-electron chi connectivity index (χ0n) is 6.70. The minimum atomic E-state index is -0.268. The van der Waals surface area contributed by atoms with Crippen LogP contribution in [0.25, 0.3) is 0 Å². The van der Waals surface area contributed by atoms with Crippen LogP contribution in [0.4, 0.5) is 0 Å². The minimum Gasteiger partial charge on any atom is -0.395 e. The van der Waals surface area contributed by atoms with Crippen molar-refractivity contribution >= 4 is 0 Å². The lowest BCUT2D eigenvalue weighted by molar-refractivity contribution is 0.169. The number of aromatic nitrogens is 2. The Labute approximate surface area is 70.5 Å². The fraction of sp³-hybridized carbons (Fsp3) is 0.571. The second-order valence-corrected chi connectivity index (χ2v) is 2.48. The molecule has 0 amide bonds. The Hall–Kier alpha value is -0.910. The van der Waals surface area contributed by atoms with Crippen LogP contribution in [0.1, 0.15) is 5.82 Å². The standard InChI is InChI=1S/C7H13N3O2/c11-4-6(5-12)10-3-7-8-1-2-9-7/h1-2,6,10-12H,3-5H2,(H,8,9). The molecule has 68 valence electrons. The Balaban J connectivity index is 2.25.